The number of rotatable bonds is 10. The van der Waals surface area contributed by atoms with E-state index in [1.54, 1.807) is 24.3 Å². The van der Waals surface area contributed by atoms with E-state index in [1.807, 2.05) is 19.1 Å². The van der Waals surface area contributed by atoms with Crippen LogP contribution in [0.15, 0.2) is 72.8 Å². The maximum absolute atomic E-state index is 12.6. The zero-order valence-corrected chi connectivity index (χ0v) is 20.5. The summed E-state index contributed by atoms with van der Waals surface area (Å²) in [5.74, 6) is -0.552. The SMILES string of the molecule is Cc1ccc(Oc2ccc(N(CC(Nc3cccc(OC(F)(F)F)c3)C(=O)NO)S(C)(=O)=O)cc2)cc1. The number of nitrogens with one attached hydrogen (secondary N) is 2. The van der Waals surface area contributed by atoms with Gasteiger partial charge in [0.1, 0.15) is 23.3 Å². The predicted molar refractivity (Wildman–Crippen MR) is 130 cm³/mol. The number of nitrogens with zero attached hydrogens (tertiary/aromatic N) is 1. The quantitative estimate of drug-likeness (QED) is 0.258. The van der Waals surface area contributed by atoms with Gasteiger partial charge < -0.3 is 14.8 Å². The van der Waals surface area contributed by atoms with E-state index in [0.717, 1.165) is 28.3 Å². The maximum Gasteiger partial charge on any atom is 0.573 e. The van der Waals surface area contributed by atoms with Gasteiger partial charge in [0.25, 0.3) is 5.91 Å². The highest BCUT2D eigenvalue weighted by atomic mass is 32.2. The van der Waals surface area contributed by atoms with Crippen molar-refractivity contribution >= 4 is 27.3 Å². The van der Waals surface area contributed by atoms with Gasteiger partial charge in [-0.15, -0.1) is 13.2 Å². The number of sulfonamides is 1. The molecule has 0 saturated carbocycles. The van der Waals surface area contributed by atoms with Gasteiger partial charge in [0.15, 0.2) is 0 Å². The lowest BCUT2D eigenvalue weighted by atomic mass is 10.2. The number of carbonyl (C=O) groups is 1. The number of hydrogen-bond donors (Lipinski definition) is 3. The number of alkyl halides is 3. The summed E-state index contributed by atoms with van der Waals surface area (Å²) >= 11 is 0. The Labute approximate surface area is 211 Å². The molecule has 3 aromatic rings. The molecule has 0 saturated heterocycles. The lowest BCUT2D eigenvalue weighted by molar-refractivity contribution is -0.274. The van der Waals surface area contributed by atoms with Crippen molar-refractivity contribution in [3.63, 3.8) is 0 Å². The lowest BCUT2D eigenvalue weighted by Crippen LogP contribution is -2.48. The number of carbonyl (C=O) groups excluding carboxylic acids is 1. The highest BCUT2D eigenvalue weighted by Gasteiger charge is 2.31. The first-order chi connectivity index (χ1) is 17.3. The minimum Gasteiger partial charge on any atom is -0.457 e. The second-order valence-electron chi connectivity index (χ2n) is 7.95. The Morgan fingerprint density at radius 2 is 1.59 bits per heavy atom. The number of halogens is 3. The molecule has 0 radical (unpaired) electrons. The molecular formula is C24H24F3N3O6S. The maximum atomic E-state index is 12.6. The molecule has 0 aromatic heterocycles. The normalized spacial score (nSPS) is 12.4. The van der Waals surface area contributed by atoms with Crippen molar-refractivity contribution in [2.45, 2.75) is 19.3 Å². The largest absolute Gasteiger partial charge is 0.573 e. The average Bonchev–Trinajstić information content (AvgIpc) is 2.82. The summed E-state index contributed by atoms with van der Waals surface area (Å²) in [5.41, 5.74) is 2.69. The number of hydrogen-bond acceptors (Lipinski definition) is 7. The standard InChI is InChI=1S/C24H24F3N3O6S/c1-16-6-10-19(11-7-16)35-20-12-8-18(9-13-20)30(37(2,33)34)15-22(23(31)29-32)28-17-4-3-5-21(14-17)36-24(25,26)27/h3-14,22,28,32H,15H2,1-2H3,(H,29,31). The third kappa shape index (κ3) is 8.29. The minimum absolute atomic E-state index is 0.0191. The fourth-order valence-electron chi connectivity index (χ4n) is 3.28. The van der Waals surface area contributed by atoms with Gasteiger partial charge >= 0.3 is 6.36 Å². The molecule has 37 heavy (non-hydrogen) atoms. The van der Waals surface area contributed by atoms with Crippen LogP contribution >= 0.6 is 0 Å². The summed E-state index contributed by atoms with van der Waals surface area (Å²) in [6.07, 6.45) is -4.00. The number of benzene rings is 3. The van der Waals surface area contributed by atoms with E-state index >= 15 is 0 Å². The Hall–Kier alpha value is -3.97. The first-order valence-electron chi connectivity index (χ1n) is 10.7. The molecule has 0 heterocycles. The van der Waals surface area contributed by atoms with E-state index < -0.39 is 40.6 Å². The summed E-state index contributed by atoms with van der Waals surface area (Å²) in [4.78, 5) is 12.3. The van der Waals surface area contributed by atoms with Crippen LogP contribution in [-0.4, -0.2) is 44.7 Å². The van der Waals surface area contributed by atoms with E-state index in [1.165, 1.54) is 29.7 Å². The molecule has 0 aliphatic heterocycles. The van der Waals surface area contributed by atoms with Crippen LogP contribution in [0, 0.1) is 6.92 Å². The highest BCUT2D eigenvalue weighted by Crippen LogP contribution is 2.28. The molecule has 9 nitrogen and oxygen atoms in total. The number of anilines is 2. The fourth-order valence-corrected chi connectivity index (χ4v) is 4.20. The molecule has 3 aromatic carbocycles. The summed E-state index contributed by atoms with van der Waals surface area (Å²) < 4.78 is 73.3. The van der Waals surface area contributed by atoms with Gasteiger partial charge in [-0.05, 0) is 55.5 Å². The minimum atomic E-state index is -4.93. The zero-order valence-electron chi connectivity index (χ0n) is 19.7. The summed E-state index contributed by atoms with van der Waals surface area (Å²) in [6.45, 7) is 1.43. The molecule has 198 valence electrons. The Balaban J connectivity index is 1.82. The molecule has 0 aliphatic carbocycles. The van der Waals surface area contributed by atoms with E-state index in [4.69, 9.17) is 4.74 Å². The van der Waals surface area contributed by atoms with Gasteiger partial charge in [-0.25, -0.2) is 13.9 Å². The fraction of sp³-hybridized carbons (Fsp3) is 0.208. The van der Waals surface area contributed by atoms with Gasteiger partial charge in [0.2, 0.25) is 10.0 Å². The van der Waals surface area contributed by atoms with Gasteiger partial charge in [-0.3, -0.25) is 14.3 Å². The Bertz CT molecular complexity index is 1320. The molecule has 0 spiro atoms. The van der Waals surface area contributed by atoms with Crippen LogP contribution in [0.2, 0.25) is 0 Å². The van der Waals surface area contributed by atoms with Crippen LogP contribution in [0.3, 0.4) is 0 Å². The zero-order chi connectivity index (χ0) is 27.2. The molecule has 13 heteroatoms. The van der Waals surface area contributed by atoms with E-state index in [-0.39, 0.29) is 11.4 Å². The lowest BCUT2D eigenvalue weighted by Gasteiger charge is -2.28. The summed E-state index contributed by atoms with van der Waals surface area (Å²) in [7, 11) is -3.94. The monoisotopic (exact) mass is 539 g/mol. The van der Waals surface area contributed by atoms with Crippen LogP contribution in [0.25, 0.3) is 0 Å². The van der Waals surface area contributed by atoms with Crippen molar-refractivity contribution in [2.24, 2.45) is 0 Å². The van der Waals surface area contributed by atoms with Gasteiger partial charge in [0.05, 0.1) is 18.5 Å². The molecule has 0 bridgehead atoms. The summed E-state index contributed by atoms with van der Waals surface area (Å²) in [5, 5.41) is 11.8. The van der Waals surface area contributed by atoms with E-state index in [2.05, 4.69) is 10.1 Å². The van der Waals surface area contributed by atoms with Crippen molar-refractivity contribution in [3.8, 4) is 17.2 Å². The Kier molecular flexibility index (Phi) is 8.50. The first kappa shape index (κ1) is 27.6. The third-order valence-corrected chi connectivity index (χ3v) is 6.13. The number of hydroxylamine groups is 1. The molecule has 1 unspecified atom stereocenters. The van der Waals surface area contributed by atoms with Crippen molar-refractivity contribution in [1.82, 2.24) is 5.48 Å². The highest BCUT2D eigenvalue weighted by molar-refractivity contribution is 7.92. The smallest absolute Gasteiger partial charge is 0.457 e. The van der Waals surface area contributed by atoms with Crippen molar-refractivity contribution in [1.29, 1.82) is 0 Å². The van der Waals surface area contributed by atoms with Gasteiger partial charge in [-0.2, -0.15) is 0 Å². The summed E-state index contributed by atoms with van der Waals surface area (Å²) in [6, 6.07) is 16.6. The van der Waals surface area contributed by atoms with Crippen LogP contribution in [0.1, 0.15) is 5.56 Å². The average molecular weight is 540 g/mol. The topological polar surface area (TPSA) is 117 Å². The predicted octanol–water partition coefficient (Wildman–Crippen LogP) is 4.44. The van der Waals surface area contributed by atoms with Gasteiger partial charge in [0, 0.05) is 11.8 Å². The molecular weight excluding hydrogens is 515 g/mol. The number of ether oxygens (including phenoxy) is 2. The third-order valence-electron chi connectivity index (χ3n) is 4.97. The molecule has 0 fully saturated rings. The number of aryl methyl sites for hydroxylation is 1. The number of amides is 1. The second kappa shape index (κ2) is 11.4. The van der Waals surface area contributed by atoms with Gasteiger partial charge in [-0.1, -0.05) is 23.8 Å². The molecule has 3 rings (SSSR count). The second-order valence-corrected chi connectivity index (χ2v) is 9.86. The molecule has 3 N–H and O–H groups in total. The van der Waals surface area contributed by atoms with Crippen LogP contribution < -0.4 is 24.6 Å². The first-order valence-corrected chi connectivity index (χ1v) is 12.6. The molecule has 1 amide bonds. The molecule has 1 atom stereocenters. The van der Waals surface area contributed by atoms with Crippen LogP contribution in [0.4, 0.5) is 24.5 Å². The Morgan fingerprint density at radius 1 is 1.00 bits per heavy atom. The molecule has 0 aliphatic rings. The van der Waals surface area contributed by atoms with Crippen molar-refractivity contribution in [3.05, 3.63) is 78.4 Å². The van der Waals surface area contributed by atoms with E-state index in [9.17, 15) is 31.6 Å². The van der Waals surface area contributed by atoms with Crippen molar-refractivity contribution < 1.29 is 41.1 Å². The van der Waals surface area contributed by atoms with Crippen LogP contribution in [-0.2, 0) is 14.8 Å². The van der Waals surface area contributed by atoms with Crippen LogP contribution in [0.5, 0.6) is 17.2 Å². The van der Waals surface area contributed by atoms with Crippen molar-refractivity contribution in [2.75, 3.05) is 22.4 Å². The van der Waals surface area contributed by atoms with E-state index in [0.29, 0.717) is 11.5 Å². The Morgan fingerprint density at radius 3 is 2.14 bits per heavy atom.